The highest BCUT2D eigenvalue weighted by Gasteiger charge is 2.56. The molecule has 1 saturated heterocycles. The molecule has 5 aliphatic rings. The Kier molecular flexibility index (Phi) is 5.52. The third-order valence-electron chi connectivity index (χ3n) is 8.99. The van der Waals surface area contributed by atoms with Gasteiger partial charge in [0.1, 0.15) is 5.82 Å². The van der Waals surface area contributed by atoms with Gasteiger partial charge in [-0.05, 0) is 98.9 Å². The quantitative estimate of drug-likeness (QED) is 0.569. The van der Waals surface area contributed by atoms with E-state index in [1.165, 1.54) is 24.8 Å². The highest BCUT2D eigenvalue weighted by molar-refractivity contribution is 5.98. The number of rotatable bonds is 6. The van der Waals surface area contributed by atoms with E-state index in [1.54, 1.807) is 12.1 Å². The molecule has 4 bridgehead atoms. The first-order chi connectivity index (χ1) is 16.1. The Morgan fingerprint density at radius 1 is 0.939 bits per heavy atom. The average molecular weight is 447 g/mol. The summed E-state index contributed by atoms with van der Waals surface area (Å²) in [7, 11) is 0. The largest absolute Gasteiger partial charge is 0.308 e. The SMILES string of the molecule is O=C(N(c1ccccc1)C1CCN(CCc2ccc(F)cc2)C1)C12CC3CC(CC(C3)C1)C2. The number of carbonyl (C=O) groups excluding carboxylic acids is 1. The van der Waals surface area contributed by atoms with Crippen molar-refractivity contribution in [2.24, 2.45) is 23.2 Å². The zero-order valence-electron chi connectivity index (χ0n) is 19.5. The molecule has 4 aliphatic carbocycles. The normalized spacial score (nSPS) is 32.9. The highest BCUT2D eigenvalue weighted by Crippen LogP contribution is 2.61. The lowest BCUT2D eigenvalue weighted by molar-refractivity contribution is -0.143. The van der Waals surface area contributed by atoms with E-state index < -0.39 is 0 Å². The van der Waals surface area contributed by atoms with Crippen LogP contribution in [0.3, 0.4) is 0 Å². The molecule has 2 aromatic carbocycles. The van der Waals surface area contributed by atoms with Crippen LogP contribution in [0.1, 0.15) is 50.5 Å². The van der Waals surface area contributed by atoms with E-state index in [-0.39, 0.29) is 17.3 Å². The standard InChI is InChI=1S/C29H35FN2O/c30-25-8-6-21(7-9-25)10-12-31-13-11-27(20-31)32(26-4-2-1-3-5-26)28(33)29-17-22-14-23(18-29)16-24(15-22)19-29/h1-9,22-24,27H,10-20H2. The van der Waals surface area contributed by atoms with E-state index >= 15 is 0 Å². The summed E-state index contributed by atoms with van der Waals surface area (Å²) in [6, 6.07) is 17.5. The zero-order chi connectivity index (χ0) is 22.4. The number of nitrogens with zero attached hydrogens (tertiary/aromatic N) is 2. The fourth-order valence-corrected chi connectivity index (χ4v) is 7.87. The number of anilines is 1. The summed E-state index contributed by atoms with van der Waals surface area (Å²) in [6.07, 6.45) is 9.36. The van der Waals surface area contributed by atoms with Crippen molar-refractivity contribution < 1.29 is 9.18 Å². The Hall–Kier alpha value is -2.20. The maximum atomic E-state index is 14.4. The van der Waals surface area contributed by atoms with Crippen molar-refractivity contribution in [3.05, 3.63) is 66.0 Å². The topological polar surface area (TPSA) is 23.6 Å². The smallest absolute Gasteiger partial charge is 0.233 e. The minimum Gasteiger partial charge on any atom is -0.308 e. The van der Waals surface area contributed by atoms with Gasteiger partial charge >= 0.3 is 0 Å². The highest BCUT2D eigenvalue weighted by atomic mass is 19.1. The summed E-state index contributed by atoms with van der Waals surface area (Å²) in [5.41, 5.74) is 2.12. The van der Waals surface area contributed by atoms with E-state index in [9.17, 15) is 9.18 Å². The van der Waals surface area contributed by atoms with Gasteiger partial charge in [0.15, 0.2) is 0 Å². The van der Waals surface area contributed by atoms with Crippen LogP contribution in [0.2, 0.25) is 0 Å². The van der Waals surface area contributed by atoms with Crippen LogP contribution in [0, 0.1) is 29.0 Å². The molecule has 1 heterocycles. The molecule has 33 heavy (non-hydrogen) atoms. The maximum Gasteiger partial charge on any atom is 0.233 e. The molecule has 5 fully saturated rings. The Labute approximate surface area is 197 Å². The van der Waals surface area contributed by atoms with E-state index in [2.05, 4.69) is 34.1 Å². The van der Waals surface area contributed by atoms with Gasteiger partial charge in [-0.3, -0.25) is 4.79 Å². The Morgan fingerprint density at radius 3 is 2.21 bits per heavy atom. The Morgan fingerprint density at radius 2 is 1.58 bits per heavy atom. The molecule has 0 aromatic heterocycles. The first-order valence-corrected chi connectivity index (χ1v) is 12.9. The van der Waals surface area contributed by atoms with Gasteiger partial charge < -0.3 is 9.80 Å². The second-order valence-electron chi connectivity index (χ2n) is 11.3. The number of hydrogen-bond acceptors (Lipinski definition) is 2. The molecule has 174 valence electrons. The first kappa shape index (κ1) is 21.3. The van der Waals surface area contributed by atoms with Gasteiger partial charge in [0.05, 0.1) is 11.5 Å². The lowest BCUT2D eigenvalue weighted by Crippen LogP contribution is -2.57. The number of likely N-dealkylation sites (tertiary alicyclic amines) is 1. The predicted molar refractivity (Wildman–Crippen MR) is 129 cm³/mol. The van der Waals surface area contributed by atoms with Crippen LogP contribution in [0.15, 0.2) is 54.6 Å². The van der Waals surface area contributed by atoms with Crippen molar-refractivity contribution in [3.63, 3.8) is 0 Å². The molecule has 3 nitrogen and oxygen atoms in total. The number of amides is 1. The minimum absolute atomic E-state index is 0.119. The van der Waals surface area contributed by atoms with Gasteiger partial charge in [0, 0.05) is 25.3 Å². The Balaban J connectivity index is 1.20. The predicted octanol–water partition coefficient (Wildman–Crippen LogP) is 5.69. The third-order valence-corrected chi connectivity index (χ3v) is 8.99. The lowest BCUT2D eigenvalue weighted by Gasteiger charge is -2.57. The van der Waals surface area contributed by atoms with Crippen LogP contribution in [-0.4, -0.2) is 36.5 Å². The monoisotopic (exact) mass is 446 g/mol. The summed E-state index contributed by atoms with van der Waals surface area (Å²) in [5, 5.41) is 0. The molecule has 1 atom stereocenters. The van der Waals surface area contributed by atoms with E-state index in [1.807, 2.05) is 18.2 Å². The van der Waals surface area contributed by atoms with E-state index in [0.717, 1.165) is 75.2 Å². The van der Waals surface area contributed by atoms with Crippen LogP contribution < -0.4 is 4.90 Å². The van der Waals surface area contributed by atoms with Gasteiger partial charge in [-0.1, -0.05) is 30.3 Å². The summed E-state index contributed by atoms with van der Waals surface area (Å²) in [6.45, 7) is 2.90. The molecule has 0 spiro atoms. The summed E-state index contributed by atoms with van der Waals surface area (Å²) >= 11 is 0. The van der Waals surface area contributed by atoms with Gasteiger partial charge in [-0.2, -0.15) is 0 Å². The van der Waals surface area contributed by atoms with Gasteiger partial charge in [-0.15, -0.1) is 0 Å². The Bertz CT molecular complexity index is 953. The van der Waals surface area contributed by atoms with Crippen LogP contribution in [-0.2, 0) is 11.2 Å². The summed E-state index contributed by atoms with van der Waals surface area (Å²) < 4.78 is 13.2. The molecule has 7 rings (SSSR count). The van der Waals surface area contributed by atoms with Gasteiger partial charge in [-0.25, -0.2) is 4.39 Å². The number of hydrogen-bond donors (Lipinski definition) is 0. The molecule has 0 N–H and O–H groups in total. The fraction of sp³-hybridized carbons (Fsp3) is 0.552. The molecule has 1 amide bonds. The van der Waals surface area contributed by atoms with Gasteiger partial charge in [0.25, 0.3) is 0 Å². The third kappa shape index (κ3) is 4.12. The number of benzene rings is 2. The second kappa shape index (κ2) is 8.54. The molecule has 4 heteroatoms. The maximum absolute atomic E-state index is 14.4. The average Bonchev–Trinajstić information content (AvgIpc) is 3.27. The molecule has 0 radical (unpaired) electrons. The fourth-order valence-electron chi connectivity index (χ4n) is 7.87. The van der Waals surface area contributed by atoms with Crippen molar-refractivity contribution >= 4 is 11.6 Å². The molecule has 4 saturated carbocycles. The zero-order valence-corrected chi connectivity index (χ0v) is 19.5. The number of carbonyl (C=O) groups is 1. The summed E-state index contributed by atoms with van der Waals surface area (Å²) in [5.74, 6) is 2.55. The lowest BCUT2D eigenvalue weighted by atomic mass is 9.49. The molecule has 2 aromatic rings. The minimum atomic E-state index is -0.179. The molecule has 1 aliphatic heterocycles. The van der Waals surface area contributed by atoms with Crippen LogP contribution in [0.5, 0.6) is 0 Å². The molecular formula is C29H35FN2O. The van der Waals surface area contributed by atoms with Crippen LogP contribution >= 0.6 is 0 Å². The van der Waals surface area contributed by atoms with Crippen molar-refractivity contribution in [1.82, 2.24) is 4.90 Å². The van der Waals surface area contributed by atoms with E-state index in [4.69, 9.17) is 0 Å². The van der Waals surface area contributed by atoms with Gasteiger partial charge in [0.2, 0.25) is 5.91 Å². The van der Waals surface area contributed by atoms with E-state index in [0.29, 0.717) is 5.91 Å². The van der Waals surface area contributed by atoms with Crippen molar-refractivity contribution in [2.45, 2.75) is 57.4 Å². The molecular weight excluding hydrogens is 411 g/mol. The van der Waals surface area contributed by atoms with Crippen molar-refractivity contribution in [3.8, 4) is 0 Å². The molecule has 1 unspecified atom stereocenters. The number of para-hydroxylation sites is 1. The first-order valence-electron chi connectivity index (χ1n) is 12.9. The van der Waals surface area contributed by atoms with Crippen molar-refractivity contribution in [2.75, 3.05) is 24.5 Å². The second-order valence-corrected chi connectivity index (χ2v) is 11.3. The number of halogens is 1. The summed E-state index contributed by atoms with van der Waals surface area (Å²) in [4.78, 5) is 19.1. The van der Waals surface area contributed by atoms with Crippen LogP contribution in [0.4, 0.5) is 10.1 Å². The van der Waals surface area contributed by atoms with Crippen molar-refractivity contribution in [1.29, 1.82) is 0 Å². The van der Waals surface area contributed by atoms with Crippen LogP contribution in [0.25, 0.3) is 0 Å².